The molecule has 0 aliphatic carbocycles. The highest BCUT2D eigenvalue weighted by molar-refractivity contribution is 7.98. The molecule has 1 aromatic rings. The summed E-state index contributed by atoms with van der Waals surface area (Å²) >= 11 is 7.39. The summed E-state index contributed by atoms with van der Waals surface area (Å²) in [7, 11) is 1.31. The molecule has 116 valence electrons. The summed E-state index contributed by atoms with van der Waals surface area (Å²) < 4.78 is 4.68. The van der Waals surface area contributed by atoms with E-state index in [2.05, 4.69) is 15.4 Å². The molecule has 0 radical (unpaired) electrons. The molecule has 0 fully saturated rings. The predicted molar refractivity (Wildman–Crippen MR) is 85.6 cm³/mol. The summed E-state index contributed by atoms with van der Waals surface area (Å²) in [6.45, 7) is 0.361. The molecule has 21 heavy (non-hydrogen) atoms. The van der Waals surface area contributed by atoms with E-state index < -0.39 is 18.0 Å². The summed E-state index contributed by atoms with van der Waals surface area (Å²) in [5.41, 5.74) is 0.924. The van der Waals surface area contributed by atoms with Crippen LogP contribution in [0.2, 0.25) is 5.02 Å². The molecule has 2 amide bonds. The molecule has 1 atom stereocenters. The van der Waals surface area contributed by atoms with Crippen LogP contribution in [0.5, 0.6) is 0 Å². The minimum atomic E-state index is -0.632. The Kier molecular flexibility index (Phi) is 8.00. The number of esters is 1. The van der Waals surface area contributed by atoms with E-state index in [4.69, 9.17) is 11.6 Å². The first-order valence-corrected chi connectivity index (χ1v) is 8.19. The third-order valence-electron chi connectivity index (χ3n) is 2.77. The van der Waals surface area contributed by atoms with Crippen LogP contribution in [0.15, 0.2) is 24.3 Å². The molecule has 0 spiro atoms. The molecule has 0 aromatic heterocycles. The van der Waals surface area contributed by atoms with E-state index in [9.17, 15) is 9.59 Å². The molecule has 0 saturated carbocycles. The zero-order valence-electron chi connectivity index (χ0n) is 12.0. The Morgan fingerprint density at radius 3 is 2.57 bits per heavy atom. The van der Waals surface area contributed by atoms with Crippen molar-refractivity contribution in [2.75, 3.05) is 19.1 Å². The second-order valence-corrected chi connectivity index (χ2v) is 5.73. The molecule has 0 aliphatic rings. The monoisotopic (exact) mass is 330 g/mol. The molecular weight excluding hydrogens is 312 g/mol. The maximum atomic E-state index is 11.8. The number of benzene rings is 1. The Labute approximate surface area is 133 Å². The maximum absolute atomic E-state index is 11.8. The fraction of sp³-hybridized carbons (Fsp3) is 0.429. The fourth-order valence-corrected chi connectivity index (χ4v) is 2.22. The Bertz CT molecular complexity index is 468. The highest BCUT2D eigenvalue weighted by Gasteiger charge is 2.20. The van der Waals surface area contributed by atoms with Crippen molar-refractivity contribution < 1.29 is 14.3 Å². The molecule has 2 N–H and O–H groups in total. The first kappa shape index (κ1) is 17.7. The average Bonchev–Trinajstić information content (AvgIpc) is 2.50. The highest BCUT2D eigenvalue weighted by Crippen LogP contribution is 2.09. The fourth-order valence-electron chi connectivity index (χ4n) is 1.62. The van der Waals surface area contributed by atoms with Crippen LogP contribution < -0.4 is 10.6 Å². The van der Waals surface area contributed by atoms with Crippen LogP contribution in [0.25, 0.3) is 0 Å². The molecule has 1 unspecified atom stereocenters. The van der Waals surface area contributed by atoms with Gasteiger partial charge in [0.05, 0.1) is 7.11 Å². The first-order valence-electron chi connectivity index (χ1n) is 6.42. The lowest BCUT2D eigenvalue weighted by atomic mass is 10.2. The van der Waals surface area contributed by atoms with Crippen LogP contribution in [0, 0.1) is 0 Å². The van der Waals surface area contributed by atoms with Crippen molar-refractivity contribution in [2.24, 2.45) is 0 Å². The van der Waals surface area contributed by atoms with Crippen LogP contribution in [-0.4, -0.2) is 37.2 Å². The zero-order valence-corrected chi connectivity index (χ0v) is 13.6. The summed E-state index contributed by atoms with van der Waals surface area (Å²) in [4.78, 5) is 23.4. The number of thioether (sulfide) groups is 1. The van der Waals surface area contributed by atoms with Gasteiger partial charge in [0, 0.05) is 11.6 Å². The largest absolute Gasteiger partial charge is 0.467 e. The third-order valence-corrected chi connectivity index (χ3v) is 3.66. The van der Waals surface area contributed by atoms with Gasteiger partial charge >= 0.3 is 12.0 Å². The normalized spacial score (nSPS) is 11.6. The molecule has 1 rings (SSSR count). The van der Waals surface area contributed by atoms with Crippen molar-refractivity contribution >= 4 is 35.4 Å². The van der Waals surface area contributed by atoms with Crippen LogP contribution in [-0.2, 0) is 16.1 Å². The van der Waals surface area contributed by atoms with Gasteiger partial charge in [0.15, 0.2) is 0 Å². The van der Waals surface area contributed by atoms with Gasteiger partial charge in [-0.2, -0.15) is 11.8 Å². The third kappa shape index (κ3) is 6.73. The lowest BCUT2D eigenvalue weighted by Gasteiger charge is -2.16. The van der Waals surface area contributed by atoms with Gasteiger partial charge in [0.2, 0.25) is 0 Å². The Hall–Kier alpha value is -1.40. The molecule has 0 aliphatic heterocycles. The number of halogens is 1. The number of carbonyl (C=O) groups excluding carboxylic acids is 2. The van der Waals surface area contributed by atoms with Gasteiger partial charge in [-0.25, -0.2) is 9.59 Å². The number of amides is 2. The summed E-state index contributed by atoms with van der Waals surface area (Å²) in [5.74, 6) is 0.322. The maximum Gasteiger partial charge on any atom is 0.328 e. The van der Waals surface area contributed by atoms with Gasteiger partial charge in [-0.3, -0.25) is 0 Å². The molecular formula is C14H19ClN2O3S. The summed E-state index contributed by atoms with van der Waals surface area (Å²) in [6, 6.07) is 6.13. The summed E-state index contributed by atoms with van der Waals surface area (Å²) in [6.07, 6.45) is 2.47. The van der Waals surface area contributed by atoms with Gasteiger partial charge in [-0.05, 0) is 36.1 Å². The predicted octanol–water partition coefficient (Wildman–Crippen LogP) is 2.43. The molecule has 1 aromatic carbocycles. The van der Waals surface area contributed by atoms with E-state index in [0.29, 0.717) is 18.0 Å². The van der Waals surface area contributed by atoms with Crippen LogP contribution in [0.4, 0.5) is 4.79 Å². The molecule has 5 nitrogen and oxygen atoms in total. The lowest BCUT2D eigenvalue weighted by Crippen LogP contribution is -2.46. The van der Waals surface area contributed by atoms with Crippen LogP contribution >= 0.6 is 23.4 Å². The number of ether oxygens (including phenoxy) is 1. The van der Waals surface area contributed by atoms with E-state index in [0.717, 1.165) is 11.3 Å². The van der Waals surface area contributed by atoms with Crippen molar-refractivity contribution in [3.05, 3.63) is 34.9 Å². The van der Waals surface area contributed by atoms with E-state index in [1.165, 1.54) is 7.11 Å². The number of nitrogens with one attached hydrogen (secondary N) is 2. The SMILES string of the molecule is COC(=O)C(CCSC)NC(=O)NCc1ccc(Cl)cc1. The summed E-state index contributed by atoms with van der Waals surface area (Å²) in [5, 5.41) is 5.96. The van der Waals surface area contributed by atoms with Gasteiger partial charge in [0.1, 0.15) is 6.04 Å². The van der Waals surface area contributed by atoms with Gasteiger partial charge in [-0.15, -0.1) is 0 Å². The second-order valence-electron chi connectivity index (χ2n) is 4.31. The number of carbonyl (C=O) groups is 2. The van der Waals surface area contributed by atoms with Gasteiger partial charge in [0.25, 0.3) is 0 Å². The minimum Gasteiger partial charge on any atom is -0.467 e. The zero-order chi connectivity index (χ0) is 15.7. The number of urea groups is 1. The van der Waals surface area contributed by atoms with Crippen LogP contribution in [0.3, 0.4) is 0 Å². The molecule has 0 bridgehead atoms. The lowest BCUT2D eigenvalue weighted by molar-refractivity contribution is -0.142. The Morgan fingerprint density at radius 2 is 2.00 bits per heavy atom. The van der Waals surface area contributed by atoms with E-state index in [1.54, 1.807) is 23.9 Å². The number of hydrogen-bond acceptors (Lipinski definition) is 4. The minimum absolute atomic E-state index is 0.361. The standard InChI is InChI=1S/C14H19ClN2O3S/c1-20-13(18)12(7-8-21-2)17-14(19)16-9-10-3-5-11(15)6-4-10/h3-6,12H,7-9H2,1-2H3,(H2,16,17,19). The Morgan fingerprint density at radius 1 is 1.33 bits per heavy atom. The molecule has 0 heterocycles. The number of methoxy groups -OCH3 is 1. The Balaban J connectivity index is 2.45. The topological polar surface area (TPSA) is 67.4 Å². The van der Waals surface area contributed by atoms with E-state index in [-0.39, 0.29) is 0 Å². The highest BCUT2D eigenvalue weighted by atomic mass is 35.5. The van der Waals surface area contributed by atoms with Crippen LogP contribution in [0.1, 0.15) is 12.0 Å². The molecule has 7 heteroatoms. The van der Waals surface area contributed by atoms with Crippen molar-refractivity contribution in [1.82, 2.24) is 10.6 Å². The van der Waals surface area contributed by atoms with E-state index >= 15 is 0 Å². The number of hydrogen-bond donors (Lipinski definition) is 2. The van der Waals surface area contributed by atoms with Crippen molar-refractivity contribution in [3.63, 3.8) is 0 Å². The van der Waals surface area contributed by atoms with Crippen molar-refractivity contribution in [1.29, 1.82) is 0 Å². The number of rotatable bonds is 7. The van der Waals surface area contributed by atoms with Gasteiger partial charge < -0.3 is 15.4 Å². The smallest absolute Gasteiger partial charge is 0.328 e. The second kappa shape index (κ2) is 9.52. The first-order chi connectivity index (χ1) is 10.1. The van der Waals surface area contributed by atoms with Gasteiger partial charge in [-0.1, -0.05) is 23.7 Å². The van der Waals surface area contributed by atoms with Crippen molar-refractivity contribution in [3.8, 4) is 0 Å². The van der Waals surface area contributed by atoms with Crippen molar-refractivity contribution in [2.45, 2.75) is 19.0 Å². The quantitative estimate of drug-likeness (QED) is 0.753. The molecule has 0 saturated heterocycles. The van der Waals surface area contributed by atoms with E-state index in [1.807, 2.05) is 18.4 Å². The average molecular weight is 331 g/mol.